The van der Waals surface area contributed by atoms with E-state index < -0.39 is 41.6 Å². The molecule has 3 aromatic rings. The number of aliphatic hydroxyl groups excluding tert-OH is 1. The van der Waals surface area contributed by atoms with Gasteiger partial charge in [0.1, 0.15) is 6.04 Å². The summed E-state index contributed by atoms with van der Waals surface area (Å²) >= 11 is 0. The summed E-state index contributed by atoms with van der Waals surface area (Å²) in [5.74, 6) is -0.831. The Labute approximate surface area is 342 Å². The van der Waals surface area contributed by atoms with E-state index in [1.54, 1.807) is 34.1 Å². The minimum Gasteiger partial charge on any atom is -0.452 e. The molecule has 15 nitrogen and oxygen atoms in total. The molecule has 314 valence electrons. The molecule has 58 heavy (non-hydrogen) atoms. The van der Waals surface area contributed by atoms with Crippen molar-refractivity contribution in [2.24, 2.45) is 11.3 Å². The van der Waals surface area contributed by atoms with Crippen LogP contribution < -0.4 is 16.1 Å². The summed E-state index contributed by atoms with van der Waals surface area (Å²) in [6.45, 7) is 13.9. The molecule has 0 saturated carbocycles. The maximum Gasteiger partial charge on any atom is 0.417 e. The van der Waals surface area contributed by atoms with Crippen molar-refractivity contribution in [3.05, 3.63) is 95.3 Å². The fourth-order valence-corrected chi connectivity index (χ4v) is 6.86. The second kappa shape index (κ2) is 20.8. The van der Waals surface area contributed by atoms with Gasteiger partial charge in [0.2, 0.25) is 11.8 Å². The number of carbonyl (C=O) groups excluding carboxylic acids is 5. The predicted octanol–water partition coefficient (Wildman–Crippen LogP) is 5.33. The molecular formula is C43H60N8O7. The molecule has 1 aliphatic rings. The van der Waals surface area contributed by atoms with Crippen LogP contribution in [0.2, 0.25) is 0 Å². The van der Waals surface area contributed by atoms with E-state index in [0.29, 0.717) is 31.7 Å². The number of amides is 7. The van der Waals surface area contributed by atoms with Crippen LogP contribution in [0, 0.1) is 18.3 Å². The second-order valence-corrected chi connectivity index (χ2v) is 16.2. The van der Waals surface area contributed by atoms with Gasteiger partial charge in [-0.15, -0.1) is 0 Å². The van der Waals surface area contributed by atoms with Crippen LogP contribution in [-0.2, 0) is 33.8 Å². The zero-order valence-electron chi connectivity index (χ0n) is 35.0. The monoisotopic (exact) mass is 800 g/mol. The van der Waals surface area contributed by atoms with Crippen molar-refractivity contribution in [2.75, 3.05) is 38.6 Å². The Morgan fingerprint density at radius 3 is 2.26 bits per heavy atom. The first-order chi connectivity index (χ1) is 27.5. The van der Waals surface area contributed by atoms with E-state index >= 15 is 0 Å². The van der Waals surface area contributed by atoms with E-state index in [9.17, 15) is 29.1 Å². The van der Waals surface area contributed by atoms with Gasteiger partial charge in [-0.1, -0.05) is 89.6 Å². The van der Waals surface area contributed by atoms with Crippen molar-refractivity contribution in [1.82, 2.24) is 35.4 Å². The lowest BCUT2D eigenvalue weighted by Gasteiger charge is -2.35. The highest BCUT2D eigenvalue weighted by Crippen LogP contribution is 2.23. The number of aromatic nitrogens is 1. The molecule has 0 aliphatic carbocycles. The number of nitrogens with one attached hydrogen (secondary N) is 3. The highest BCUT2D eigenvalue weighted by atomic mass is 16.5. The lowest BCUT2D eigenvalue weighted by atomic mass is 9.95. The maximum atomic E-state index is 14.5. The van der Waals surface area contributed by atoms with Crippen LogP contribution in [0.4, 0.5) is 20.1 Å². The Morgan fingerprint density at radius 2 is 1.66 bits per heavy atom. The van der Waals surface area contributed by atoms with Gasteiger partial charge in [0, 0.05) is 51.0 Å². The number of imide groups is 1. The van der Waals surface area contributed by atoms with Gasteiger partial charge < -0.3 is 30.3 Å². The number of anilines is 1. The van der Waals surface area contributed by atoms with E-state index in [-0.39, 0.29) is 43.9 Å². The fraction of sp³-hybridized carbons (Fsp3) is 0.488. The van der Waals surface area contributed by atoms with Crippen LogP contribution in [0.15, 0.2) is 72.8 Å². The first-order valence-electron chi connectivity index (χ1n) is 19.8. The van der Waals surface area contributed by atoms with Crippen molar-refractivity contribution >= 4 is 35.7 Å². The topological polar surface area (TPSA) is 177 Å². The zero-order chi connectivity index (χ0) is 42.6. The van der Waals surface area contributed by atoms with E-state index in [0.717, 1.165) is 27.4 Å². The molecule has 7 amide bonds. The average molecular weight is 801 g/mol. The Hall–Kier alpha value is -5.54. The van der Waals surface area contributed by atoms with Crippen LogP contribution in [0.25, 0.3) is 0 Å². The first kappa shape index (κ1) is 45.2. The number of hydrazine groups is 1. The summed E-state index contributed by atoms with van der Waals surface area (Å²) in [5, 5.41) is 19.4. The highest BCUT2D eigenvalue weighted by Gasteiger charge is 2.41. The zero-order valence-corrected chi connectivity index (χ0v) is 35.0. The highest BCUT2D eigenvalue weighted by molar-refractivity contribution is 5.91. The largest absolute Gasteiger partial charge is 0.452 e. The SMILES string of the molecule is CCC(C)C(C(=O)NC(Cc1ccccc1)C(O)CN(Cc1ccc(NC(C)=O)cc1)NC(=O)N(CC(C)(C)C)C(=O)OC)N1CCN(Cc2cccc(C)n2)C1=O. The van der Waals surface area contributed by atoms with Crippen molar-refractivity contribution in [2.45, 2.75) is 92.6 Å². The number of hydrogen-bond acceptors (Lipinski definition) is 9. The van der Waals surface area contributed by atoms with Gasteiger partial charge in [0.15, 0.2) is 0 Å². The molecule has 4 N–H and O–H groups in total. The number of aryl methyl sites for hydroxylation is 1. The molecule has 15 heteroatoms. The average Bonchev–Trinajstić information content (AvgIpc) is 3.51. The smallest absolute Gasteiger partial charge is 0.417 e. The number of ether oxygens (including phenoxy) is 1. The van der Waals surface area contributed by atoms with Gasteiger partial charge in [-0.05, 0) is 60.1 Å². The standard InChI is InChI=1S/C43H60N8O7/c1-9-29(2)38(50-23-22-48(41(50)56)26-35-17-13-14-30(3)44-35)39(54)46-36(24-32-15-11-10-12-16-32)37(53)27-49(25-33-18-20-34(21-19-33)45-31(4)52)47-40(55)51(42(57)58-8)28-43(5,6)7/h10-21,29,36-38,53H,9,22-28H2,1-8H3,(H,45,52)(H,46,54)(H,47,55). The number of urea groups is 2. The number of rotatable bonds is 17. The molecule has 0 spiro atoms. The summed E-state index contributed by atoms with van der Waals surface area (Å²) in [6, 6.07) is 19.4. The van der Waals surface area contributed by atoms with E-state index in [1.165, 1.54) is 19.0 Å². The summed E-state index contributed by atoms with van der Waals surface area (Å²) < 4.78 is 4.94. The third-order valence-electron chi connectivity index (χ3n) is 9.89. The lowest BCUT2D eigenvalue weighted by Crippen LogP contribution is -2.59. The number of benzene rings is 2. The van der Waals surface area contributed by atoms with Crippen molar-refractivity contribution in [3.63, 3.8) is 0 Å². The van der Waals surface area contributed by atoms with Crippen LogP contribution >= 0.6 is 0 Å². The van der Waals surface area contributed by atoms with Crippen LogP contribution in [0.1, 0.15) is 70.5 Å². The number of aliphatic hydroxyl groups is 1. The Kier molecular flexibility index (Phi) is 16.2. The molecule has 4 unspecified atom stereocenters. The third kappa shape index (κ3) is 13.3. The molecule has 1 saturated heterocycles. The Bertz CT molecular complexity index is 1850. The molecule has 2 heterocycles. The molecular weight excluding hydrogens is 741 g/mol. The number of carbonyl (C=O) groups is 5. The minimum atomic E-state index is -1.26. The molecule has 1 fully saturated rings. The van der Waals surface area contributed by atoms with Gasteiger partial charge in [0.25, 0.3) is 0 Å². The molecule has 4 atom stereocenters. The summed E-state index contributed by atoms with van der Waals surface area (Å²) in [7, 11) is 1.20. The maximum absolute atomic E-state index is 14.5. The summed E-state index contributed by atoms with van der Waals surface area (Å²) in [6.07, 6.45) is -1.24. The number of pyridine rings is 1. The van der Waals surface area contributed by atoms with Crippen LogP contribution in [0.3, 0.4) is 0 Å². The number of nitrogens with zero attached hydrogens (tertiary/aromatic N) is 5. The Morgan fingerprint density at radius 1 is 0.966 bits per heavy atom. The van der Waals surface area contributed by atoms with Gasteiger partial charge in [-0.2, -0.15) is 0 Å². The van der Waals surface area contributed by atoms with E-state index in [2.05, 4.69) is 21.0 Å². The molecule has 1 aliphatic heterocycles. The molecule has 4 rings (SSSR count). The van der Waals surface area contributed by atoms with Crippen molar-refractivity contribution in [1.29, 1.82) is 0 Å². The number of hydrogen-bond donors (Lipinski definition) is 4. The van der Waals surface area contributed by atoms with Gasteiger partial charge >= 0.3 is 18.2 Å². The van der Waals surface area contributed by atoms with E-state index in [1.807, 2.05) is 90.1 Å². The first-order valence-corrected chi connectivity index (χ1v) is 19.8. The molecule has 1 aromatic heterocycles. The van der Waals surface area contributed by atoms with Crippen LogP contribution in [-0.4, -0.2) is 111 Å². The number of methoxy groups -OCH3 is 1. The quantitative estimate of drug-likeness (QED) is 0.132. The predicted molar refractivity (Wildman–Crippen MR) is 221 cm³/mol. The summed E-state index contributed by atoms with van der Waals surface area (Å²) in [5.41, 5.74) is 6.11. The lowest BCUT2D eigenvalue weighted by molar-refractivity contribution is -0.128. The van der Waals surface area contributed by atoms with Crippen molar-refractivity contribution in [3.8, 4) is 0 Å². The minimum absolute atomic E-state index is 0.0468. The van der Waals surface area contributed by atoms with E-state index in [4.69, 9.17) is 4.74 Å². The second-order valence-electron chi connectivity index (χ2n) is 16.2. The van der Waals surface area contributed by atoms with Crippen LogP contribution in [0.5, 0.6) is 0 Å². The fourth-order valence-electron chi connectivity index (χ4n) is 6.86. The normalized spacial score (nSPS) is 15.0. The Balaban J connectivity index is 1.62. The third-order valence-corrected chi connectivity index (χ3v) is 9.89. The van der Waals surface area contributed by atoms with Gasteiger partial charge in [0.05, 0.1) is 31.5 Å². The molecule has 2 aromatic carbocycles. The summed E-state index contributed by atoms with van der Waals surface area (Å²) in [4.78, 5) is 75.4. The van der Waals surface area contributed by atoms with Gasteiger partial charge in [-0.3, -0.25) is 20.0 Å². The van der Waals surface area contributed by atoms with Crippen molar-refractivity contribution < 1.29 is 33.8 Å². The molecule has 0 radical (unpaired) electrons. The van der Waals surface area contributed by atoms with Gasteiger partial charge in [-0.25, -0.2) is 24.3 Å². The molecule has 0 bridgehead atoms.